The summed E-state index contributed by atoms with van der Waals surface area (Å²) in [5, 5.41) is 21.0. The van der Waals surface area contributed by atoms with Gasteiger partial charge in [0.1, 0.15) is 11.5 Å². The average Bonchev–Trinajstić information content (AvgIpc) is 3.66. The van der Waals surface area contributed by atoms with E-state index >= 15 is 0 Å². The lowest BCUT2D eigenvalue weighted by atomic mass is 10.1. The standard InChI is InChI=1S/C29H28N4O4/c1-18-7-9-19(10-8-18)17-30-29(36)33-25(20-11-12-20)16-24(32-33)22-14-13-21(15-26(22)34)31-28(35)23-5-3-4-6-27(23)37-2/h3-10,13-16,20,34H,11-12,17H2,1-2H3,(H,30,36)(H,31,35). The van der Waals surface area contributed by atoms with Gasteiger partial charge in [-0.15, -0.1) is 0 Å². The minimum atomic E-state index is -0.352. The lowest BCUT2D eigenvalue weighted by Crippen LogP contribution is -2.30. The predicted octanol–water partition coefficient (Wildman–Crippen LogP) is 5.46. The molecule has 1 aromatic heterocycles. The summed E-state index contributed by atoms with van der Waals surface area (Å²) in [4.78, 5) is 25.7. The van der Waals surface area contributed by atoms with Crippen molar-refractivity contribution < 1.29 is 19.4 Å². The van der Waals surface area contributed by atoms with Crippen molar-refractivity contribution in [2.24, 2.45) is 0 Å². The van der Waals surface area contributed by atoms with Crippen LogP contribution in [0.2, 0.25) is 0 Å². The number of hydrogen-bond acceptors (Lipinski definition) is 5. The number of hydrogen-bond donors (Lipinski definition) is 3. The molecule has 3 N–H and O–H groups in total. The van der Waals surface area contributed by atoms with Gasteiger partial charge in [-0.3, -0.25) is 4.79 Å². The number of methoxy groups -OCH3 is 1. The molecule has 1 heterocycles. The fourth-order valence-corrected chi connectivity index (χ4v) is 4.17. The number of anilines is 1. The number of para-hydroxylation sites is 1. The van der Waals surface area contributed by atoms with Crippen LogP contribution in [0.4, 0.5) is 10.5 Å². The molecule has 37 heavy (non-hydrogen) atoms. The molecule has 1 aliphatic rings. The van der Waals surface area contributed by atoms with E-state index in [9.17, 15) is 14.7 Å². The first-order chi connectivity index (χ1) is 17.9. The summed E-state index contributed by atoms with van der Waals surface area (Å²) in [6.07, 6.45) is 1.99. The molecule has 0 radical (unpaired) electrons. The van der Waals surface area contributed by atoms with Gasteiger partial charge in [0.15, 0.2) is 0 Å². The Kier molecular flexibility index (Phi) is 6.64. The molecule has 0 atom stereocenters. The van der Waals surface area contributed by atoms with Crippen LogP contribution in [0.25, 0.3) is 11.3 Å². The van der Waals surface area contributed by atoms with Gasteiger partial charge in [0.2, 0.25) is 0 Å². The van der Waals surface area contributed by atoms with E-state index in [0.717, 1.165) is 29.7 Å². The number of carbonyl (C=O) groups is 2. The fraction of sp³-hybridized carbons (Fsp3) is 0.207. The summed E-state index contributed by atoms with van der Waals surface area (Å²) in [6.45, 7) is 2.41. The summed E-state index contributed by atoms with van der Waals surface area (Å²) in [5.74, 6) is 0.326. The van der Waals surface area contributed by atoms with Crippen LogP contribution in [0.15, 0.2) is 72.8 Å². The lowest BCUT2D eigenvalue weighted by molar-refractivity contribution is 0.102. The second-order valence-corrected chi connectivity index (χ2v) is 9.17. The molecule has 188 valence electrons. The number of phenolic OH excluding ortho intramolecular Hbond substituents is 1. The zero-order valence-electron chi connectivity index (χ0n) is 20.7. The fourth-order valence-electron chi connectivity index (χ4n) is 4.17. The normalized spacial score (nSPS) is 12.7. The maximum atomic E-state index is 13.0. The number of carbonyl (C=O) groups excluding carboxylic acids is 2. The Hall–Kier alpha value is -4.59. The molecule has 0 bridgehead atoms. The largest absolute Gasteiger partial charge is 0.507 e. The topological polar surface area (TPSA) is 105 Å². The molecule has 0 spiro atoms. The second-order valence-electron chi connectivity index (χ2n) is 9.17. The van der Waals surface area contributed by atoms with Crippen molar-refractivity contribution in [3.05, 3.63) is 95.2 Å². The van der Waals surface area contributed by atoms with Gasteiger partial charge in [-0.1, -0.05) is 42.0 Å². The summed E-state index contributed by atoms with van der Waals surface area (Å²) in [7, 11) is 1.50. The molecule has 2 amide bonds. The number of aromatic nitrogens is 2. The third kappa shape index (κ3) is 5.33. The van der Waals surface area contributed by atoms with Crippen LogP contribution in [0.5, 0.6) is 11.5 Å². The van der Waals surface area contributed by atoms with Gasteiger partial charge in [-0.25, -0.2) is 4.79 Å². The number of phenols is 1. The first-order valence-electron chi connectivity index (χ1n) is 12.1. The van der Waals surface area contributed by atoms with Gasteiger partial charge in [-0.2, -0.15) is 9.78 Å². The van der Waals surface area contributed by atoms with Crippen molar-refractivity contribution in [3.8, 4) is 22.8 Å². The Morgan fingerprint density at radius 1 is 1.05 bits per heavy atom. The maximum absolute atomic E-state index is 13.0. The molecule has 1 fully saturated rings. The van der Waals surface area contributed by atoms with Gasteiger partial charge in [0.25, 0.3) is 5.91 Å². The Morgan fingerprint density at radius 2 is 1.81 bits per heavy atom. The zero-order chi connectivity index (χ0) is 25.9. The van der Waals surface area contributed by atoms with E-state index < -0.39 is 0 Å². The number of aryl methyl sites for hydroxylation is 1. The van der Waals surface area contributed by atoms with Crippen molar-refractivity contribution in [2.45, 2.75) is 32.2 Å². The number of rotatable bonds is 7. The van der Waals surface area contributed by atoms with Crippen LogP contribution in [0.3, 0.4) is 0 Å². The molecular formula is C29H28N4O4. The first-order valence-corrected chi connectivity index (χ1v) is 12.1. The molecule has 0 unspecified atom stereocenters. The molecule has 8 nitrogen and oxygen atoms in total. The van der Waals surface area contributed by atoms with E-state index in [-0.39, 0.29) is 23.6 Å². The minimum absolute atomic E-state index is 0.0510. The lowest BCUT2D eigenvalue weighted by Gasteiger charge is -2.10. The zero-order valence-corrected chi connectivity index (χ0v) is 20.7. The van der Waals surface area contributed by atoms with Crippen LogP contribution < -0.4 is 15.4 Å². The van der Waals surface area contributed by atoms with Gasteiger partial charge >= 0.3 is 6.03 Å². The summed E-state index contributed by atoms with van der Waals surface area (Å²) in [5.41, 5.74) is 4.77. The quantitative estimate of drug-likeness (QED) is 0.315. The van der Waals surface area contributed by atoms with E-state index in [2.05, 4.69) is 15.7 Å². The first kappa shape index (κ1) is 24.1. The number of benzene rings is 3. The third-order valence-corrected chi connectivity index (χ3v) is 6.37. The van der Waals surface area contributed by atoms with Crippen molar-refractivity contribution in [3.63, 3.8) is 0 Å². The maximum Gasteiger partial charge on any atom is 0.342 e. The molecule has 1 aliphatic carbocycles. The van der Waals surface area contributed by atoms with E-state index in [1.165, 1.54) is 17.9 Å². The molecule has 0 saturated heterocycles. The van der Waals surface area contributed by atoms with Crippen molar-refractivity contribution in [2.75, 3.05) is 12.4 Å². The molecule has 4 aromatic rings. The van der Waals surface area contributed by atoms with Crippen LogP contribution in [-0.4, -0.2) is 33.9 Å². The molecule has 1 saturated carbocycles. The van der Waals surface area contributed by atoms with Gasteiger partial charge in [-0.05, 0) is 55.7 Å². The number of amides is 2. The number of ether oxygens (including phenoxy) is 1. The highest BCUT2D eigenvalue weighted by Crippen LogP contribution is 2.42. The SMILES string of the molecule is COc1ccccc1C(=O)Nc1ccc(-c2cc(C3CC3)n(C(=O)NCc3ccc(C)cc3)n2)c(O)c1. The van der Waals surface area contributed by atoms with Crippen LogP contribution in [0, 0.1) is 6.92 Å². The van der Waals surface area contributed by atoms with Crippen molar-refractivity contribution >= 4 is 17.6 Å². The number of aromatic hydroxyl groups is 1. The molecule has 0 aliphatic heterocycles. The molecular weight excluding hydrogens is 468 g/mol. The van der Waals surface area contributed by atoms with Gasteiger partial charge in [0, 0.05) is 29.8 Å². The molecule has 8 heteroatoms. The monoisotopic (exact) mass is 496 g/mol. The van der Waals surface area contributed by atoms with Crippen LogP contribution >= 0.6 is 0 Å². The van der Waals surface area contributed by atoms with Crippen molar-refractivity contribution in [1.82, 2.24) is 15.1 Å². The smallest absolute Gasteiger partial charge is 0.342 e. The Balaban J connectivity index is 1.34. The highest BCUT2D eigenvalue weighted by molar-refractivity contribution is 6.06. The second kappa shape index (κ2) is 10.2. The van der Waals surface area contributed by atoms with E-state index in [1.807, 2.05) is 37.3 Å². The summed E-state index contributed by atoms with van der Waals surface area (Å²) < 4.78 is 6.66. The predicted molar refractivity (Wildman–Crippen MR) is 141 cm³/mol. The molecule has 5 rings (SSSR count). The van der Waals surface area contributed by atoms with Crippen molar-refractivity contribution in [1.29, 1.82) is 0 Å². The summed E-state index contributed by atoms with van der Waals surface area (Å²) in [6, 6.07) is 21.3. The molecule has 3 aromatic carbocycles. The van der Waals surface area contributed by atoms with Gasteiger partial charge < -0.3 is 20.5 Å². The highest BCUT2D eigenvalue weighted by Gasteiger charge is 2.30. The number of nitrogens with one attached hydrogen (secondary N) is 2. The Labute approximate surface area is 214 Å². The summed E-state index contributed by atoms with van der Waals surface area (Å²) >= 11 is 0. The highest BCUT2D eigenvalue weighted by atomic mass is 16.5. The van der Waals surface area contributed by atoms with E-state index in [0.29, 0.717) is 34.8 Å². The Bertz CT molecular complexity index is 1460. The van der Waals surface area contributed by atoms with Gasteiger partial charge in [0.05, 0.1) is 24.1 Å². The van der Waals surface area contributed by atoms with E-state index in [1.54, 1.807) is 36.4 Å². The van der Waals surface area contributed by atoms with E-state index in [4.69, 9.17) is 4.74 Å². The number of nitrogens with zero attached hydrogens (tertiary/aromatic N) is 2. The third-order valence-electron chi connectivity index (χ3n) is 6.37. The van der Waals surface area contributed by atoms with Crippen LogP contribution in [0.1, 0.15) is 45.9 Å². The minimum Gasteiger partial charge on any atom is -0.507 e. The Morgan fingerprint density at radius 3 is 2.51 bits per heavy atom. The van der Waals surface area contributed by atoms with Crippen LogP contribution in [-0.2, 0) is 6.54 Å². The average molecular weight is 497 g/mol.